The summed E-state index contributed by atoms with van der Waals surface area (Å²) in [7, 11) is 0. The van der Waals surface area contributed by atoms with Crippen LogP contribution >= 0.6 is 0 Å². The van der Waals surface area contributed by atoms with Gasteiger partial charge in [0.15, 0.2) is 0 Å². The molecule has 1 N–H and O–H groups in total. The average molecular weight is 396 g/mol. The molecular weight excluding hydrogens is 366 g/mol. The van der Waals surface area contributed by atoms with Crippen LogP contribution in [0.3, 0.4) is 0 Å². The highest BCUT2D eigenvalue weighted by Gasteiger charge is 2.40. The van der Waals surface area contributed by atoms with Gasteiger partial charge < -0.3 is 4.90 Å². The molecule has 1 aliphatic carbocycles. The lowest BCUT2D eigenvalue weighted by Gasteiger charge is -2.35. The molecular formula is C23H29N3O3. The fraction of sp³-hybridized carbons (Fsp3) is 0.522. The summed E-state index contributed by atoms with van der Waals surface area (Å²) in [5.41, 5.74) is 3.08. The van der Waals surface area contributed by atoms with Crippen molar-refractivity contribution in [3.05, 3.63) is 34.9 Å². The van der Waals surface area contributed by atoms with E-state index in [4.69, 9.17) is 0 Å². The quantitative estimate of drug-likeness (QED) is 0.625. The molecule has 4 rings (SSSR count). The minimum atomic E-state index is -0.605. The molecule has 1 aromatic rings. The minimum absolute atomic E-state index is 0.0454. The van der Waals surface area contributed by atoms with Gasteiger partial charge in [-0.2, -0.15) is 0 Å². The number of rotatable bonds is 3. The van der Waals surface area contributed by atoms with E-state index in [9.17, 15) is 14.4 Å². The summed E-state index contributed by atoms with van der Waals surface area (Å²) in [6.07, 6.45) is 10.1. The Labute approximate surface area is 171 Å². The predicted molar refractivity (Wildman–Crippen MR) is 112 cm³/mol. The number of nitrogens with zero attached hydrogens (tertiary/aromatic N) is 2. The molecule has 4 amide bonds. The summed E-state index contributed by atoms with van der Waals surface area (Å²) >= 11 is 0. The number of piperidine rings is 1. The molecule has 1 saturated carbocycles. The van der Waals surface area contributed by atoms with Crippen LogP contribution in [0.2, 0.25) is 0 Å². The van der Waals surface area contributed by atoms with Crippen molar-refractivity contribution in [3.8, 4) is 0 Å². The van der Waals surface area contributed by atoms with Crippen molar-refractivity contribution in [2.45, 2.75) is 64.3 Å². The lowest BCUT2D eigenvalue weighted by molar-refractivity contribution is -0.132. The normalized spacial score (nSPS) is 22.9. The van der Waals surface area contributed by atoms with Crippen LogP contribution in [0.4, 0.5) is 10.5 Å². The highest BCUT2D eigenvalue weighted by atomic mass is 16.2. The molecule has 2 saturated heterocycles. The second kappa shape index (κ2) is 8.39. The Bertz CT molecular complexity index is 849. The number of nitrogens with one attached hydrogen (secondary N) is 1. The highest BCUT2D eigenvalue weighted by molar-refractivity contribution is 6.31. The van der Waals surface area contributed by atoms with Gasteiger partial charge in [0.25, 0.3) is 11.8 Å². The lowest BCUT2D eigenvalue weighted by Crippen LogP contribution is -2.58. The van der Waals surface area contributed by atoms with Gasteiger partial charge in [-0.25, -0.2) is 4.79 Å². The molecule has 6 heteroatoms. The first-order valence-corrected chi connectivity index (χ1v) is 10.8. The standard InChI is InChI=1S/C23H29N3O3/c1-16-14-19(25-12-6-3-7-13-25)11-10-17(16)15-20-21(27)24-23(29)26(22(20)28)18-8-4-2-5-9-18/h10-11,14-15,18H,2-9,12-13H2,1H3,(H,24,27,29). The summed E-state index contributed by atoms with van der Waals surface area (Å²) in [4.78, 5) is 41.5. The van der Waals surface area contributed by atoms with Crippen molar-refractivity contribution in [2.24, 2.45) is 0 Å². The van der Waals surface area contributed by atoms with Crippen molar-refractivity contribution in [3.63, 3.8) is 0 Å². The van der Waals surface area contributed by atoms with Gasteiger partial charge >= 0.3 is 6.03 Å². The van der Waals surface area contributed by atoms with Crippen LogP contribution < -0.4 is 10.2 Å². The number of hydrogen-bond acceptors (Lipinski definition) is 4. The van der Waals surface area contributed by atoms with E-state index >= 15 is 0 Å². The Balaban J connectivity index is 1.59. The van der Waals surface area contributed by atoms with Gasteiger partial charge in [-0.15, -0.1) is 0 Å². The minimum Gasteiger partial charge on any atom is -0.372 e. The van der Waals surface area contributed by atoms with Crippen LogP contribution in [0.5, 0.6) is 0 Å². The third-order valence-corrected chi connectivity index (χ3v) is 6.35. The molecule has 0 atom stereocenters. The smallest absolute Gasteiger partial charge is 0.331 e. The van der Waals surface area contributed by atoms with Gasteiger partial charge in [0, 0.05) is 24.8 Å². The summed E-state index contributed by atoms with van der Waals surface area (Å²) < 4.78 is 0. The molecule has 6 nitrogen and oxygen atoms in total. The summed E-state index contributed by atoms with van der Waals surface area (Å²) in [5.74, 6) is -1.07. The van der Waals surface area contributed by atoms with Crippen LogP contribution in [-0.4, -0.2) is 41.9 Å². The number of carbonyl (C=O) groups excluding carboxylic acids is 3. The summed E-state index contributed by atoms with van der Waals surface area (Å²) in [6, 6.07) is 5.44. The van der Waals surface area contributed by atoms with E-state index in [-0.39, 0.29) is 11.6 Å². The number of urea groups is 1. The molecule has 2 aliphatic heterocycles. The number of amides is 4. The number of barbiturate groups is 1. The fourth-order valence-corrected chi connectivity index (χ4v) is 4.67. The number of carbonyl (C=O) groups is 3. The Morgan fingerprint density at radius 1 is 0.966 bits per heavy atom. The van der Waals surface area contributed by atoms with Crippen molar-refractivity contribution in [1.82, 2.24) is 10.2 Å². The third kappa shape index (κ3) is 4.07. The van der Waals surface area contributed by atoms with E-state index in [0.717, 1.165) is 56.3 Å². The third-order valence-electron chi connectivity index (χ3n) is 6.35. The maximum atomic E-state index is 13.0. The van der Waals surface area contributed by atoms with Gasteiger partial charge in [-0.1, -0.05) is 25.3 Å². The average Bonchev–Trinajstić information content (AvgIpc) is 2.73. The summed E-state index contributed by atoms with van der Waals surface area (Å²) in [5, 5.41) is 2.36. The largest absolute Gasteiger partial charge is 0.372 e. The van der Waals surface area contributed by atoms with Gasteiger partial charge in [0.2, 0.25) is 0 Å². The van der Waals surface area contributed by atoms with Gasteiger partial charge in [0.05, 0.1) is 0 Å². The van der Waals surface area contributed by atoms with Gasteiger partial charge in [-0.3, -0.25) is 19.8 Å². The van der Waals surface area contributed by atoms with Crippen LogP contribution in [0.1, 0.15) is 62.5 Å². The van der Waals surface area contributed by atoms with Crippen LogP contribution in [0.15, 0.2) is 23.8 Å². The Morgan fingerprint density at radius 3 is 2.34 bits per heavy atom. The van der Waals surface area contributed by atoms with Gasteiger partial charge in [0.1, 0.15) is 5.57 Å². The Morgan fingerprint density at radius 2 is 1.66 bits per heavy atom. The monoisotopic (exact) mass is 395 g/mol. The first-order valence-electron chi connectivity index (χ1n) is 10.8. The SMILES string of the molecule is Cc1cc(N2CCCCC2)ccc1C=C1C(=O)NC(=O)N(C2CCCCC2)C1=O. The number of aryl methyl sites for hydroxylation is 1. The molecule has 0 unspecified atom stereocenters. The highest BCUT2D eigenvalue weighted by Crippen LogP contribution is 2.28. The molecule has 0 bridgehead atoms. The molecule has 154 valence electrons. The topological polar surface area (TPSA) is 69.7 Å². The van der Waals surface area contributed by atoms with Crippen molar-refractivity contribution < 1.29 is 14.4 Å². The lowest BCUT2D eigenvalue weighted by atomic mass is 9.93. The molecule has 3 aliphatic rings. The molecule has 1 aromatic carbocycles. The molecule has 3 fully saturated rings. The molecule has 2 heterocycles. The van der Waals surface area contributed by atoms with E-state index in [1.165, 1.54) is 29.8 Å². The van der Waals surface area contributed by atoms with Crippen LogP contribution in [0.25, 0.3) is 6.08 Å². The number of anilines is 1. The fourth-order valence-electron chi connectivity index (χ4n) is 4.67. The van der Waals surface area contributed by atoms with Crippen molar-refractivity contribution >= 4 is 29.6 Å². The first kappa shape index (κ1) is 19.7. The predicted octanol–water partition coefficient (Wildman–Crippen LogP) is 3.78. The van der Waals surface area contributed by atoms with Crippen molar-refractivity contribution in [2.75, 3.05) is 18.0 Å². The molecule has 0 spiro atoms. The maximum absolute atomic E-state index is 13.0. The second-order valence-corrected chi connectivity index (χ2v) is 8.37. The van der Waals surface area contributed by atoms with E-state index in [1.54, 1.807) is 6.08 Å². The summed E-state index contributed by atoms with van der Waals surface area (Å²) in [6.45, 7) is 4.13. The van der Waals surface area contributed by atoms with Crippen molar-refractivity contribution in [1.29, 1.82) is 0 Å². The van der Waals surface area contributed by atoms with Crippen LogP contribution in [0, 0.1) is 6.92 Å². The van der Waals surface area contributed by atoms with Gasteiger partial charge in [-0.05, 0) is 68.4 Å². The zero-order valence-corrected chi connectivity index (χ0v) is 17.1. The van der Waals surface area contributed by atoms with E-state index in [1.807, 2.05) is 13.0 Å². The first-order chi connectivity index (χ1) is 14.0. The zero-order chi connectivity index (χ0) is 20.4. The van der Waals surface area contributed by atoms with E-state index in [0.29, 0.717) is 0 Å². The van der Waals surface area contributed by atoms with E-state index in [2.05, 4.69) is 22.3 Å². The Kier molecular flexibility index (Phi) is 5.69. The zero-order valence-electron chi connectivity index (χ0n) is 17.1. The Hall–Kier alpha value is -2.63. The second-order valence-electron chi connectivity index (χ2n) is 8.37. The van der Waals surface area contributed by atoms with Crippen LogP contribution in [-0.2, 0) is 9.59 Å². The number of imide groups is 2. The molecule has 0 radical (unpaired) electrons. The van der Waals surface area contributed by atoms with E-state index < -0.39 is 17.8 Å². The number of benzene rings is 1. The molecule has 0 aromatic heterocycles. The molecule has 29 heavy (non-hydrogen) atoms. The maximum Gasteiger partial charge on any atom is 0.331 e. The number of hydrogen-bond donors (Lipinski definition) is 1.